The van der Waals surface area contributed by atoms with Gasteiger partial charge in [-0.05, 0) is 43.5 Å². The van der Waals surface area contributed by atoms with Crippen molar-refractivity contribution < 1.29 is 9.13 Å². The number of ether oxygens (including phenoxy) is 1. The Hall–Kier alpha value is -1.92. The van der Waals surface area contributed by atoms with Crippen LogP contribution in [0.4, 0.5) is 16.2 Å². The summed E-state index contributed by atoms with van der Waals surface area (Å²) in [5.41, 5.74) is 7.79. The fourth-order valence-electron chi connectivity index (χ4n) is 2.95. The number of hydrogen-bond acceptors (Lipinski definition) is 5. The summed E-state index contributed by atoms with van der Waals surface area (Å²) in [5.74, 6) is 0.639. The van der Waals surface area contributed by atoms with Crippen molar-refractivity contribution in [3.8, 4) is 0 Å². The third-order valence-electron chi connectivity index (χ3n) is 4.13. The Morgan fingerprint density at radius 2 is 2.08 bits per heavy atom. The summed E-state index contributed by atoms with van der Waals surface area (Å²) in [6.45, 7) is 5.32. The molecule has 0 aliphatic carbocycles. The van der Waals surface area contributed by atoms with Crippen molar-refractivity contribution >= 4 is 23.4 Å². The largest absolute Gasteiger partial charge is 0.379 e. The lowest BCUT2D eigenvalue weighted by Crippen LogP contribution is -2.32. The number of anilines is 2. The lowest BCUT2D eigenvalue weighted by Gasteiger charge is -2.31. The number of nitrogens with two attached hydrogens (primary N) is 1. The highest BCUT2D eigenvalue weighted by Gasteiger charge is 2.27. The smallest absolute Gasteiger partial charge is 0.222 e. The molecule has 1 saturated heterocycles. The number of nitrogens with zero attached hydrogens (tertiary/aromatic N) is 3. The van der Waals surface area contributed by atoms with Gasteiger partial charge in [-0.1, -0.05) is 11.6 Å². The minimum absolute atomic E-state index is 0.218. The fourth-order valence-corrected chi connectivity index (χ4v) is 3.29. The monoisotopic (exact) mass is 350 g/mol. The summed E-state index contributed by atoms with van der Waals surface area (Å²) in [6, 6.07) is 4.77. The molecular weight excluding hydrogens is 331 g/mol. The van der Waals surface area contributed by atoms with Crippen LogP contribution in [0.25, 0.3) is 0 Å². The first kappa shape index (κ1) is 16.9. The number of rotatable bonds is 2. The van der Waals surface area contributed by atoms with E-state index in [0.717, 1.165) is 12.1 Å². The van der Waals surface area contributed by atoms with E-state index in [9.17, 15) is 4.39 Å². The van der Waals surface area contributed by atoms with Gasteiger partial charge in [-0.3, -0.25) is 0 Å². The highest BCUT2D eigenvalue weighted by Crippen LogP contribution is 2.34. The summed E-state index contributed by atoms with van der Waals surface area (Å²) in [6.07, 6.45) is 0.839. The van der Waals surface area contributed by atoms with Gasteiger partial charge in [-0.25, -0.2) is 9.37 Å². The zero-order chi connectivity index (χ0) is 17.3. The van der Waals surface area contributed by atoms with Gasteiger partial charge in [0, 0.05) is 29.9 Å². The van der Waals surface area contributed by atoms with E-state index in [1.165, 1.54) is 6.07 Å². The number of hydrogen-bond donors (Lipinski definition) is 1. The van der Waals surface area contributed by atoms with Crippen molar-refractivity contribution in [2.45, 2.75) is 26.3 Å². The summed E-state index contributed by atoms with van der Waals surface area (Å²) < 4.78 is 19.8. The first-order chi connectivity index (χ1) is 11.5. The average molecular weight is 351 g/mol. The number of aromatic nitrogens is 2. The minimum Gasteiger partial charge on any atom is -0.379 e. The number of nitrogen functional groups attached to an aromatic ring is 1. The SMILES string of the molecule is Cc1cc(N2CCCOCC2c2cc(F)c(C)cc2Cl)nc(N)n1. The molecule has 1 unspecified atom stereocenters. The van der Waals surface area contributed by atoms with Crippen molar-refractivity contribution in [2.75, 3.05) is 30.4 Å². The molecule has 2 aromatic rings. The number of halogens is 2. The van der Waals surface area contributed by atoms with Crippen molar-refractivity contribution in [3.63, 3.8) is 0 Å². The summed E-state index contributed by atoms with van der Waals surface area (Å²) in [7, 11) is 0. The zero-order valence-electron chi connectivity index (χ0n) is 13.7. The Kier molecular flexibility index (Phi) is 4.87. The first-order valence-corrected chi connectivity index (χ1v) is 8.24. The molecule has 0 radical (unpaired) electrons. The van der Waals surface area contributed by atoms with Crippen LogP contribution in [-0.2, 0) is 4.74 Å². The highest BCUT2D eigenvalue weighted by atomic mass is 35.5. The van der Waals surface area contributed by atoms with Crippen molar-refractivity contribution in [2.24, 2.45) is 0 Å². The zero-order valence-corrected chi connectivity index (χ0v) is 14.5. The van der Waals surface area contributed by atoms with Crippen LogP contribution >= 0.6 is 11.6 Å². The molecule has 1 atom stereocenters. The van der Waals surface area contributed by atoms with Gasteiger partial charge in [0.1, 0.15) is 11.6 Å². The van der Waals surface area contributed by atoms with Gasteiger partial charge in [-0.15, -0.1) is 0 Å². The van der Waals surface area contributed by atoms with Gasteiger partial charge in [0.25, 0.3) is 0 Å². The quantitative estimate of drug-likeness (QED) is 0.898. The van der Waals surface area contributed by atoms with Gasteiger partial charge in [-0.2, -0.15) is 4.98 Å². The van der Waals surface area contributed by atoms with Crippen LogP contribution in [-0.4, -0.2) is 29.7 Å². The van der Waals surface area contributed by atoms with E-state index in [0.29, 0.717) is 41.7 Å². The van der Waals surface area contributed by atoms with Crippen molar-refractivity contribution in [1.82, 2.24) is 9.97 Å². The standard InChI is InChI=1S/C17H20ClFN4O/c1-10-6-13(18)12(8-14(10)19)15-9-24-5-3-4-23(15)16-7-11(2)21-17(20)22-16/h6-8,15H,3-5,9H2,1-2H3,(H2,20,21,22). The van der Waals surface area contributed by atoms with Gasteiger partial charge >= 0.3 is 0 Å². The molecule has 2 heterocycles. The van der Waals surface area contributed by atoms with E-state index in [4.69, 9.17) is 22.1 Å². The lowest BCUT2D eigenvalue weighted by molar-refractivity contribution is 0.134. The molecule has 1 fully saturated rings. The molecule has 1 aliphatic heterocycles. The maximum Gasteiger partial charge on any atom is 0.222 e. The van der Waals surface area contributed by atoms with Crippen LogP contribution in [0.15, 0.2) is 18.2 Å². The summed E-state index contributed by atoms with van der Waals surface area (Å²) in [5, 5.41) is 0.521. The number of aryl methyl sites for hydroxylation is 2. The van der Waals surface area contributed by atoms with E-state index in [1.807, 2.05) is 13.0 Å². The Bertz CT molecular complexity index is 735. The highest BCUT2D eigenvalue weighted by molar-refractivity contribution is 6.31. The molecule has 7 heteroatoms. The molecular formula is C17H20ClFN4O. The maximum absolute atomic E-state index is 14.1. The lowest BCUT2D eigenvalue weighted by atomic mass is 10.0. The molecule has 128 valence electrons. The van der Waals surface area contributed by atoms with Crippen LogP contribution in [0.2, 0.25) is 5.02 Å². The molecule has 0 spiro atoms. The van der Waals surface area contributed by atoms with Crippen molar-refractivity contribution in [1.29, 1.82) is 0 Å². The molecule has 1 aromatic carbocycles. The number of benzene rings is 1. The molecule has 1 aliphatic rings. The van der Waals surface area contributed by atoms with Gasteiger partial charge in [0.2, 0.25) is 5.95 Å². The van der Waals surface area contributed by atoms with Gasteiger partial charge < -0.3 is 15.4 Å². The molecule has 5 nitrogen and oxygen atoms in total. The molecule has 0 amide bonds. The molecule has 1 aromatic heterocycles. The van der Waals surface area contributed by atoms with Crippen LogP contribution in [0.1, 0.15) is 29.3 Å². The third-order valence-corrected chi connectivity index (χ3v) is 4.46. The molecule has 2 N–H and O–H groups in total. The summed E-state index contributed by atoms with van der Waals surface area (Å²) in [4.78, 5) is 10.5. The Labute approximate surface area is 145 Å². The van der Waals surface area contributed by atoms with Crippen LogP contribution < -0.4 is 10.6 Å². The normalized spacial score (nSPS) is 18.5. The van der Waals surface area contributed by atoms with Gasteiger partial charge in [0.15, 0.2) is 0 Å². The minimum atomic E-state index is -0.281. The predicted octanol–water partition coefficient (Wildman–Crippen LogP) is 3.44. The van der Waals surface area contributed by atoms with Gasteiger partial charge in [0.05, 0.1) is 12.6 Å². The average Bonchev–Trinajstić information content (AvgIpc) is 2.75. The van der Waals surface area contributed by atoms with Crippen LogP contribution in [0, 0.1) is 19.7 Å². The first-order valence-electron chi connectivity index (χ1n) is 7.87. The molecule has 24 heavy (non-hydrogen) atoms. The fraction of sp³-hybridized carbons (Fsp3) is 0.412. The second-order valence-corrected chi connectivity index (χ2v) is 6.39. The Morgan fingerprint density at radius 3 is 2.83 bits per heavy atom. The predicted molar refractivity (Wildman–Crippen MR) is 92.9 cm³/mol. The van der Waals surface area contributed by atoms with Crippen LogP contribution in [0.3, 0.4) is 0 Å². The van der Waals surface area contributed by atoms with Crippen molar-refractivity contribution in [3.05, 3.63) is 45.9 Å². The molecule has 0 bridgehead atoms. The third kappa shape index (κ3) is 3.44. The summed E-state index contributed by atoms with van der Waals surface area (Å²) >= 11 is 6.40. The van der Waals surface area contributed by atoms with Crippen LogP contribution in [0.5, 0.6) is 0 Å². The molecule has 3 rings (SSSR count). The topological polar surface area (TPSA) is 64.3 Å². The second-order valence-electron chi connectivity index (χ2n) is 5.99. The Morgan fingerprint density at radius 1 is 1.29 bits per heavy atom. The molecule has 0 saturated carbocycles. The Balaban J connectivity index is 2.06. The van der Waals surface area contributed by atoms with E-state index in [1.54, 1.807) is 13.0 Å². The van der Waals surface area contributed by atoms with E-state index in [-0.39, 0.29) is 17.8 Å². The van der Waals surface area contributed by atoms with E-state index >= 15 is 0 Å². The second kappa shape index (κ2) is 6.91. The maximum atomic E-state index is 14.1. The van der Waals surface area contributed by atoms with E-state index < -0.39 is 0 Å². The van der Waals surface area contributed by atoms with E-state index in [2.05, 4.69) is 14.9 Å².